The average molecular weight is 393 g/mol. The van der Waals surface area contributed by atoms with Crippen molar-refractivity contribution in [2.75, 3.05) is 13.1 Å². The van der Waals surface area contributed by atoms with E-state index < -0.39 is 28.0 Å². The summed E-state index contributed by atoms with van der Waals surface area (Å²) >= 11 is 5.73. The average Bonchev–Trinajstić information content (AvgIpc) is 2.50. The number of sulfonamides is 1. The van der Waals surface area contributed by atoms with Gasteiger partial charge in [0, 0.05) is 11.1 Å². The zero-order chi connectivity index (χ0) is 18.2. The molecule has 2 aromatic rings. The van der Waals surface area contributed by atoms with Gasteiger partial charge in [-0.25, -0.2) is 13.4 Å². The molecular formula is C15H12ClF3N2O3S. The second kappa shape index (κ2) is 6.47. The minimum absolute atomic E-state index is 0.0306. The van der Waals surface area contributed by atoms with Gasteiger partial charge in [0.15, 0.2) is 0 Å². The first-order valence-corrected chi connectivity index (χ1v) is 8.95. The Labute approximate surface area is 147 Å². The second-order valence-electron chi connectivity index (χ2n) is 5.37. The van der Waals surface area contributed by atoms with E-state index in [1.165, 1.54) is 40.7 Å². The van der Waals surface area contributed by atoms with Gasteiger partial charge in [0.05, 0.1) is 18.0 Å². The van der Waals surface area contributed by atoms with Gasteiger partial charge in [0.1, 0.15) is 11.8 Å². The van der Waals surface area contributed by atoms with Crippen LogP contribution in [-0.2, 0) is 16.2 Å². The maximum absolute atomic E-state index is 12.6. The minimum Gasteiger partial charge on any atom is -0.472 e. The molecule has 1 saturated heterocycles. The summed E-state index contributed by atoms with van der Waals surface area (Å²) in [4.78, 5) is 3.48. The van der Waals surface area contributed by atoms with E-state index in [0.29, 0.717) is 5.02 Å². The Morgan fingerprint density at radius 3 is 2.36 bits per heavy atom. The molecule has 0 bridgehead atoms. The summed E-state index contributed by atoms with van der Waals surface area (Å²) in [5.41, 5.74) is -1.06. The molecule has 0 amide bonds. The van der Waals surface area contributed by atoms with E-state index in [2.05, 4.69) is 4.98 Å². The molecule has 1 aromatic heterocycles. The number of halogens is 4. The maximum atomic E-state index is 12.6. The molecule has 2 heterocycles. The Balaban J connectivity index is 1.64. The molecule has 5 nitrogen and oxygen atoms in total. The standard InChI is InChI=1S/C15H12ClF3N2O3S/c16-10-4-6-12(7-5-10)25(22,23)21-8-11(9-21)24-14-3-1-2-13(20-14)15(17,18)19/h1-7,11H,8-9H2. The van der Waals surface area contributed by atoms with E-state index in [1.54, 1.807) is 0 Å². The quantitative estimate of drug-likeness (QED) is 0.801. The monoisotopic (exact) mass is 392 g/mol. The number of aromatic nitrogens is 1. The van der Waals surface area contributed by atoms with Gasteiger partial charge in [-0.15, -0.1) is 0 Å². The van der Waals surface area contributed by atoms with Crippen molar-refractivity contribution in [2.24, 2.45) is 0 Å². The normalized spacial score (nSPS) is 16.5. The van der Waals surface area contributed by atoms with Gasteiger partial charge in [-0.05, 0) is 30.3 Å². The summed E-state index contributed by atoms with van der Waals surface area (Å²) < 4.78 is 69.1. The smallest absolute Gasteiger partial charge is 0.433 e. The van der Waals surface area contributed by atoms with E-state index in [0.717, 1.165) is 6.07 Å². The molecule has 1 aliphatic heterocycles. The van der Waals surface area contributed by atoms with E-state index in [4.69, 9.17) is 16.3 Å². The Morgan fingerprint density at radius 2 is 1.76 bits per heavy atom. The van der Waals surface area contributed by atoms with Crippen LogP contribution in [0.1, 0.15) is 5.69 Å². The Bertz CT molecular complexity index is 866. The van der Waals surface area contributed by atoms with Crippen LogP contribution < -0.4 is 4.74 Å². The SMILES string of the molecule is O=S(=O)(c1ccc(Cl)cc1)N1CC(Oc2cccc(C(F)(F)F)n2)C1. The number of ether oxygens (including phenoxy) is 1. The molecule has 1 aromatic carbocycles. The van der Waals surface area contributed by atoms with Gasteiger partial charge in [0.2, 0.25) is 15.9 Å². The van der Waals surface area contributed by atoms with Gasteiger partial charge in [-0.1, -0.05) is 17.7 Å². The van der Waals surface area contributed by atoms with E-state index in [1.807, 2.05) is 0 Å². The van der Waals surface area contributed by atoms with Crippen LogP contribution in [0.3, 0.4) is 0 Å². The second-order valence-corrected chi connectivity index (χ2v) is 7.75. The van der Waals surface area contributed by atoms with Crippen molar-refractivity contribution in [3.05, 3.63) is 53.2 Å². The molecule has 3 rings (SSSR count). The lowest BCUT2D eigenvalue weighted by Crippen LogP contribution is -2.56. The van der Waals surface area contributed by atoms with Crippen LogP contribution in [0.25, 0.3) is 0 Å². The molecule has 0 spiro atoms. The van der Waals surface area contributed by atoms with Crippen LogP contribution in [0.2, 0.25) is 5.02 Å². The number of benzene rings is 1. The van der Waals surface area contributed by atoms with Crippen LogP contribution in [0.15, 0.2) is 47.4 Å². The predicted molar refractivity (Wildman–Crippen MR) is 83.9 cm³/mol. The Hall–Kier alpha value is -1.84. The van der Waals surface area contributed by atoms with Crippen molar-refractivity contribution >= 4 is 21.6 Å². The van der Waals surface area contributed by atoms with Crippen LogP contribution >= 0.6 is 11.6 Å². The van der Waals surface area contributed by atoms with Crippen molar-refractivity contribution in [2.45, 2.75) is 17.2 Å². The first-order chi connectivity index (χ1) is 11.7. The molecule has 1 aliphatic rings. The lowest BCUT2D eigenvalue weighted by Gasteiger charge is -2.37. The summed E-state index contributed by atoms with van der Waals surface area (Å²) in [6.45, 7) is 0.0613. The number of pyridine rings is 1. The highest BCUT2D eigenvalue weighted by Crippen LogP contribution is 2.30. The summed E-state index contributed by atoms with van der Waals surface area (Å²) in [5, 5.41) is 0.416. The van der Waals surface area contributed by atoms with E-state index in [-0.39, 0.29) is 23.9 Å². The molecule has 0 atom stereocenters. The maximum Gasteiger partial charge on any atom is 0.433 e. The molecular weight excluding hydrogens is 381 g/mol. The van der Waals surface area contributed by atoms with Crippen LogP contribution in [-0.4, -0.2) is 36.9 Å². The van der Waals surface area contributed by atoms with Gasteiger partial charge < -0.3 is 4.74 Å². The third-order valence-corrected chi connectivity index (χ3v) is 5.67. The lowest BCUT2D eigenvalue weighted by molar-refractivity contribution is -0.141. The van der Waals surface area contributed by atoms with Crippen molar-refractivity contribution in [3.8, 4) is 5.88 Å². The molecule has 1 fully saturated rings. The third kappa shape index (κ3) is 3.88. The van der Waals surface area contributed by atoms with Crippen molar-refractivity contribution in [1.82, 2.24) is 9.29 Å². The fourth-order valence-electron chi connectivity index (χ4n) is 2.24. The molecule has 0 radical (unpaired) electrons. The zero-order valence-corrected chi connectivity index (χ0v) is 14.1. The van der Waals surface area contributed by atoms with Crippen LogP contribution in [0.4, 0.5) is 13.2 Å². The molecule has 10 heteroatoms. The zero-order valence-electron chi connectivity index (χ0n) is 12.6. The van der Waals surface area contributed by atoms with Gasteiger partial charge in [-0.3, -0.25) is 0 Å². The molecule has 0 N–H and O–H groups in total. The van der Waals surface area contributed by atoms with E-state index in [9.17, 15) is 21.6 Å². The van der Waals surface area contributed by atoms with Crippen molar-refractivity contribution in [1.29, 1.82) is 0 Å². The van der Waals surface area contributed by atoms with Gasteiger partial charge >= 0.3 is 6.18 Å². The minimum atomic E-state index is -4.57. The third-order valence-electron chi connectivity index (χ3n) is 3.57. The molecule has 0 unspecified atom stereocenters. The first-order valence-electron chi connectivity index (χ1n) is 7.13. The van der Waals surface area contributed by atoms with Crippen LogP contribution in [0, 0.1) is 0 Å². The summed E-state index contributed by atoms with van der Waals surface area (Å²) in [7, 11) is -3.68. The number of rotatable bonds is 4. The molecule has 25 heavy (non-hydrogen) atoms. The highest BCUT2D eigenvalue weighted by Gasteiger charge is 2.39. The molecule has 0 saturated carbocycles. The predicted octanol–water partition coefficient (Wildman–Crippen LogP) is 3.21. The van der Waals surface area contributed by atoms with Gasteiger partial charge in [-0.2, -0.15) is 17.5 Å². The highest BCUT2D eigenvalue weighted by molar-refractivity contribution is 7.89. The number of alkyl halides is 3. The first kappa shape index (κ1) is 18.0. The fraction of sp³-hybridized carbons (Fsp3) is 0.267. The topological polar surface area (TPSA) is 59.5 Å². The van der Waals surface area contributed by atoms with E-state index >= 15 is 0 Å². The van der Waals surface area contributed by atoms with Crippen molar-refractivity contribution < 1.29 is 26.3 Å². The fourth-order valence-corrected chi connectivity index (χ4v) is 3.87. The molecule has 0 aliphatic carbocycles. The number of hydrogen-bond donors (Lipinski definition) is 0. The van der Waals surface area contributed by atoms with Crippen LogP contribution in [0.5, 0.6) is 5.88 Å². The number of hydrogen-bond acceptors (Lipinski definition) is 4. The van der Waals surface area contributed by atoms with Gasteiger partial charge in [0.25, 0.3) is 0 Å². The Morgan fingerprint density at radius 1 is 1.12 bits per heavy atom. The lowest BCUT2D eigenvalue weighted by atomic mass is 10.2. The summed E-state index contributed by atoms with van der Waals surface area (Å²) in [6.07, 6.45) is -5.12. The largest absolute Gasteiger partial charge is 0.472 e. The highest BCUT2D eigenvalue weighted by atomic mass is 35.5. The van der Waals surface area contributed by atoms with Crippen molar-refractivity contribution in [3.63, 3.8) is 0 Å². The Kier molecular flexibility index (Phi) is 4.65. The molecule has 134 valence electrons. The summed E-state index contributed by atoms with van der Waals surface area (Å²) in [5.74, 6) is -0.191. The number of nitrogens with zero attached hydrogens (tertiary/aromatic N) is 2. The summed E-state index contributed by atoms with van der Waals surface area (Å²) in [6, 6.07) is 9.03.